The minimum absolute atomic E-state index is 0.152. The maximum absolute atomic E-state index is 11.8. The van der Waals surface area contributed by atoms with Gasteiger partial charge in [-0.25, -0.2) is 4.79 Å². The summed E-state index contributed by atoms with van der Waals surface area (Å²) >= 11 is 2.21. The molecule has 0 aromatic rings. The number of halogens is 1. The Morgan fingerprint density at radius 3 is 1.95 bits per heavy atom. The van der Waals surface area contributed by atoms with E-state index in [1.807, 2.05) is 20.8 Å². The molecule has 0 aliphatic carbocycles. The number of ether oxygens (including phenoxy) is 2. The zero-order valence-electron chi connectivity index (χ0n) is 13.2. The Labute approximate surface area is 135 Å². The Kier molecular flexibility index (Phi) is 7.83. The minimum Gasteiger partial charge on any atom is -0.460 e. The lowest BCUT2D eigenvalue weighted by molar-refractivity contribution is -0.155. The number of esters is 1. The Bertz CT molecular complexity index is 301. The number of amides is 1. The van der Waals surface area contributed by atoms with Gasteiger partial charge < -0.3 is 14.8 Å². The molecule has 0 aromatic heterocycles. The predicted molar refractivity (Wildman–Crippen MR) is 87.1 cm³/mol. The third-order valence-electron chi connectivity index (χ3n) is 2.01. The molecule has 0 rings (SSSR count). The molecule has 6 heteroatoms. The van der Waals surface area contributed by atoms with E-state index in [1.165, 1.54) is 0 Å². The minimum atomic E-state index is -0.551. The van der Waals surface area contributed by atoms with Crippen LogP contribution in [0, 0.1) is 0 Å². The van der Waals surface area contributed by atoms with Crippen molar-refractivity contribution in [3.05, 3.63) is 0 Å². The fourth-order valence-corrected chi connectivity index (χ4v) is 2.17. The van der Waals surface area contributed by atoms with Crippen molar-refractivity contribution >= 4 is 34.7 Å². The van der Waals surface area contributed by atoms with Gasteiger partial charge in [0.2, 0.25) is 0 Å². The maximum atomic E-state index is 11.8. The van der Waals surface area contributed by atoms with Crippen LogP contribution in [0.2, 0.25) is 0 Å². The van der Waals surface area contributed by atoms with Gasteiger partial charge in [-0.2, -0.15) is 0 Å². The van der Waals surface area contributed by atoms with Crippen molar-refractivity contribution in [2.24, 2.45) is 0 Å². The summed E-state index contributed by atoms with van der Waals surface area (Å²) in [7, 11) is 0. The largest absolute Gasteiger partial charge is 0.460 e. The second-order valence-corrected chi connectivity index (χ2v) is 7.69. The molecule has 1 N–H and O–H groups in total. The number of hydrogen-bond acceptors (Lipinski definition) is 4. The summed E-state index contributed by atoms with van der Waals surface area (Å²) in [5.41, 5.74) is -1.07. The lowest BCUT2D eigenvalue weighted by atomic mass is 10.1. The summed E-state index contributed by atoms with van der Waals surface area (Å²) in [5.74, 6) is -0.316. The van der Waals surface area contributed by atoms with Crippen LogP contribution in [0.5, 0.6) is 0 Å². The molecule has 0 unspecified atom stereocenters. The first-order chi connectivity index (χ1) is 8.93. The molecule has 0 aliphatic heterocycles. The third kappa shape index (κ3) is 11.3. The van der Waals surface area contributed by atoms with E-state index in [0.29, 0.717) is 6.42 Å². The van der Waals surface area contributed by atoms with E-state index in [1.54, 1.807) is 20.8 Å². The highest BCUT2D eigenvalue weighted by atomic mass is 127. The van der Waals surface area contributed by atoms with E-state index < -0.39 is 17.3 Å². The predicted octanol–water partition coefficient (Wildman–Crippen LogP) is 3.44. The normalized spacial score (nSPS) is 13.6. The standard InChI is InChI=1S/C14H26INO4/c1-13(2,3)19-11(17)9-10(7-8-15)16-12(18)20-14(4,5)6/h10H,7-9H2,1-6H3,(H,16,18)/t10-/m0/s1. The zero-order chi connectivity index (χ0) is 16.0. The van der Waals surface area contributed by atoms with Crippen molar-refractivity contribution in [1.29, 1.82) is 0 Å². The SMILES string of the molecule is CC(C)(C)OC(=O)C[C@H](CCI)NC(=O)OC(C)(C)C. The summed E-state index contributed by atoms with van der Waals surface area (Å²) in [6, 6.07) is -0.267. The third-order valence-corrected chi connectivity index (χ3v) is 2.63. The molecule has 1 amide bonds. The van der Waals surface area contributed by atoms with Gasteiger partial charge >= 0.3 is 12.1 Å². The van der Waals surface area contributed by atoms with Crippen LogP contribution in [0.3, 0.4) is 0 Å². The zero-order valence-corrected chi connectivity index (χ0v) is 15.4. The van der Waals surface area contributed by atoms with Crippen LogP contribution in [0.1, 0.15) is 54.4 Å². The second kappa shape index (κ2) is 8.05. The van der Waals surface area contributed by atoms with Crippen molar-refractivity contribution in [1.82, 2.24) is 5.32 Å². The molecule has 0 fully saturated rings. The van der Waals surface area contributed by atoms with Crippen molar-refractivity contribution in [3.8, 4) is 0 Å². The van der Waals surface area contributed by atoms with Gasteiger partial charge in [0.15, 0.2) is 0 Å². The monoisotopic (exact) mass is 399 g/mol. The molecule has 1 atom stereocenters. The van der Waals surface area contributed by atoms with Crippen LogP contribution in [0.25, 0.3) is 0 Å². The molecule has 0 bridgehead atoms. The number of carbonyl (C=O) groups excluding carboxylic acids is 2. The van der Waals surface area contributed by atoms with Crippen molar-refractivity contribution < 1.29 is 19.1 Å². The van der Waals surface area contributed by atoms with Gasteiger partial charge in [-0.05, 0) is 48.0 Å². The number of carbonyl (C=O) groups is 2. The molecule has 0 aromatic carbocycles. The topological polar surface area (TPSA) is 64.6 Å². The summed E-state index contributed by atoms with van der Waals surface area (Å²) in [6.45, 7) is 10.9. The number of alkyl carbamates (subject to hydrolysis) is 1. The fourth-order valence-electron chi connectivity index (χ4n) is 1.42. The van der Waals surface area contributed by atoms with Crippen molar-refractivity contribution in [2.75, 3.05) is 4.43 Å². The van der Waals surface area contributed by atoms with Crippen LogP contribution in [-0.4, -0.2) is 33.7 Å². The van der Waals surface area contributed by atoms with Crippen molar-refractivity contribution in [2.45, 2.75) is 71.6 Å². The maximum Gasteiger partial charge on any atom is 0.407 e. The quantitative estimate of drug-likeness (QED) is 0.437. The summed E-state index contributed by atoms with van der Waals surface area (Å²) in [4.78, 5) is 23.5. The molecule has 5 nitrogen and oxygen atoms in total. The molecule has 0 aliphatic rings. The van der Waals surface area contributed by atoms with Crippen LogP contribution in [0.4, 0.5) is 4.79 Å². The number of alkyl halides is 1. The Morgan fingerprint density at radius 1 is 1.05 bits per heavy atom. The van der Waals surface area contributed by atoms with Crippen LogP contribution in [0.15, 0.2) is 0 Å². The molecule has 118 valence electrons. The average molecular weight is 399 g/mol. The molecular weight excluding hydrogens is 373 g/mol. The van der Waals surface area contributed by atoms with Crippen LogP contribution >= 0.6 is 22.6 Å². The smallest absolute Gasteiger partial charge is 0.407 e. The van der Waals surface area contributed by atoms with Gasteiger partial charge in [-0.1, -0.05) is 22.6 Å². The van der Waals surface area contributed by atoms with Crippen LogP contribution in [-0.2, 0) is 14.3 Å². The molecule has 0 heterocycles. The molecule has 0 spiro atoms. The van der Waals surface area contributed by atoms with Gasteiger partial charge in [0.05, 0.1) is 6.42 Å². The summed E-state index contributed by atoms with van der Waals surface area (Å²) in [6.07, 6.45) is 0.342. The number of rotatable bonds is 5. The fraction of sp³-hybridized carbons (Fsp3) is 0.857. The van der Waals surface area contributed by atoms with E-state index in [-0.39, 0.29) is 18.4 Å². The first-order valence-electron chi connectivity index (χ1n) is 6.70. The Morgan fingerprint density at radius 2 is 1.55 bits per heavy atom. The molecule has 20 heavy (non-hydrogen) atoms. The van der Waals surface area contributed by atoms with Gasteiger partial charge in [0.25, 0.3) is 0 Å². The van der Waals surface area contributed by atoms with Gasteiger partial charge in [-0.3, -0.25) is 4.79 Å². The molecule has 0 radical (unpaired) electrons. The van der Waals surface area contributed by atoms with E-state index in [4.69, 9.17) is 9.47 Å². The molecular formula is C14H26INO4. The van der Waals surface area contributed by atoms with E-state index in [0.717, 1.165) is 4.43 Å². The van der Waals surface area contributed by atoms with E-state index in [2.05, 4.69) is 27.9 Å². The van der Waals surface area contributed by atoms with Gasteiger partial charge in [0, 0.05) is 10.5 Å². The number of hydrogen-bond donors (Lipinski definition) is 1. The second-order valence-electron chi connectivity index (χ2n) is 6.61. The first kappa shape index (κ1) is 19.5. The Balaban J connectivity index is 4.43. The highest BCUT2D eigenvalue weighted by molar-refractivity contribution is 14.1. The highest BCUT2D eigenvalue weighted by Gasteiger charge is 2.23. The van der Waals surface area contributed by atoms with E-state index in [9.17, 15) is 9.59 Å². The highest BCUT2D eigenvalue weighted by Crippen LogP contribution is 2.12. The summed E-state index contributed by atoms with van der Waals surface area (Å²) < 4.78 is 11.3. The first-order valence-corrected chi connectivity index (χ1v) is 8.23. The van der Waals surface area contributed by atoms with Crippen LogP contribution < -0.4 is 5.32 Å². The van der Waals surface area contributed by atoms with Gasteiger partial charge in [-0.15, -0.1) is 0 Å². The van der Waals surface area contributed by atoms with Gasteiger partial charge in [0.1, 0.15) is 11.2 Å². The molecule has 0 saturated carbocycles. The van der Waals surface area contributed by atoms with E-state index >= 15 is 0 Å². The Hall–Kier alpha value is -0.530. The average Bonchev–Trinajstić information content (AvgIpc) is 2.10. The lowest BCUT2D eigenvalue weighted by Crippen LogP contribution is -2.41. The lowest BCUT2D eigenvalue weighted by Gasteiger charge is -2.24. The van der Waals surface area contributed by atoms with Crippen molar-refractivity contribution in [3.63, 3.8) is 0 Å². The summed E-state index contributed by atoms with van der Waals surface area (Å²) in [5, 5.41) is 2.72. The molecule has 0 saturated heterocycles. The number of nitrogens with one attached hydrogen (secondary N) is 1.